The molecule has 0 spiro atoms. The van der Waals surface area contributed by atoms with E-state index in [0.29, 0.717) is 17.4 Å². The van der Waals surface area contributed by atoms with Gasteiger partial charge < -0.3 is 10.2 Å². The molecule has 3 rings (SSSR count). The van der Waals surface area contributed by atoms with E-state index in [1.54, 1.807) is 12.1 Å². The number of tetrazole rings is 1. The number of piperazine rings is 1. The minimum atomic E-state index is 0.00839. The Morgan fingerprint density at radius 1 is 1.41 bits per heavy atom. The van der Waals surface area contributed by atoms with Crippen molar-refractivity contribution in [2.75, 3.05) is 19.6 Å². The molecular formula is C14H17ClN6O. The average Bonchev–Trinajstić information content (AvgIpc) is 2.97. The highest BCUT2D eigenvalue weighted by Crippen LogP contribution is 2.17. The number of aromatic nitrogens is 4. The van der Waals surface area contributed by atoms with Crippen molar-refractivity contribution in [3.63, 3.8) is 0 Å². The Morgan fingerprint density at radius 2 is 2.18 bits per heavy atom. The molecule has 22 heavy (non-hydrogen) atoms. The van der Waals surface area contributed by atoms with E-state index in [2.05, 4.69) is 20.7 Å². The molecule has 1 aliphatic heterocycles. The maximum Gasteiger partial charge on any atom is 0.246 e. The van der Waals surface area contributed by atoms with Crippen LogP contribution in [-0.2, 0) is 11.3 Å². The third-order valence-electron chi connectivity index (χ3n) is 3.65. The monoisotopic (exact) mass is 320 g/mol. The van der Waals surface area contributed by atoms with E-state index in [9.17, 15) is 4.79 Å². The summed E-state index contributed by atoms with van der Waals surface area (Å²) < 4.78 is 0. The predicted octanol–water partition coefficient (Wildman–Crippen LogP) is 0.814. The van der Waals surface area contributed by atoms with Gasteiger partial charge in [-0.25, -0.2) is 0 Å². The number of carbonyl (C=O) groups is 1. The van der Waals surface area contributed by atoms with E-state index >= 15 is 0 Å². The Labute approximate surface area is 133 Å². The molecule has 7 nitrogen and oxygen atoms in total. The van der Waals surface area contributed by atoms with Crippen LogP contribution in [0, 0.1) is 0 Å². The molecule has 116 valence electrons. The predicted molar refractivity (Wildman–Crippen MR) is 82.3 cm³/mol. The van der Waals surface area contributed by atoms with Crippen LogP contribution in [0.5, 0.6) is 0 Å². The van der Waals surface area contributed by atoms with Gasteiger partial charge in [0.25, 0.3) is 0 Å². The van der Waals surface area contributed by atoms with Crippen LogP contribution in [0.2, 0.25) is 5.02 Å². The van der Waals surface area contributed by atoms with Crippen LogP contribution < -0.4 is 5.32 Å². The summed E-state index contributed by atoms with van der Waals surface area (Å²) in [7, 11) is 0. The third-order valence-corrected chi connectivity index (χ3v) is 3.91. The normalized spacial score (nSPS) is 18.5. The molecule has 1 N–H and O–H groups in total. The van der Waals surface area contributed by atoms with Gasteiger partial charge in [-0.3, -0.25) is 4.79 Å². The van der Waals surface area contributed by atoms with E-state index in [-0.39, 0.29) is 18.5 Å². The first-order chi connectivity index (χ1) is 10.6. The molecular weight excluding hydrogens is 304 g/mol. The van der Waals surface area contributed by atoms with Crippen LogP contribution in [0.4, 0.5) is 0 Å². The number of rotatable bonds is 3. The molecule has 8 heteroatoms. The van der Waals surface area contributed by atoms with E-state index in [4.69, 9.17) is 11.6 Å². The van der Waals surface area contributed by atoms with E-state index < -0.39 is 0 Å². The number of hydrogen-bond donors (Lipinski definition) is 1. The van der Waals surface area contributed by atoms with Crippen molar-refractivity contribution in [3.8, 4) is 11.4 Å². The quantitative estimate of drug-likeness (QED) is 0.906. The van der Waals surface area contributed by atoms with Gasteiger partial charge in [0.05, 0.1) is 0 Å². The molecule has 0 radical (unpaired) electrons. The minimum absolute atomic E-state index is 0.00839. The Kier molecular flexibility index (Phi) is 4.35. The highest BCUT2D eigenvalue weighted by Gasteiger charge is 2.23. The second-order valence-corrected chi connectivity index (χ2v) is 5.73. The fourth-order valence-corrected chi connectivity index (χ4v) is 2.57. The minimum Gasteiger partial charge on any atom is -0.336 e. The summed E-state index contributed by atoms with van der Waals surface area (Å²) in [6, 6.07) is 7.37. The van der Waals surface area contributed by atoms with Crippen molar-refractivity contribution in [1.29, 1.82) is 0 Å². The Bertz CT molecular complexity index is 656. The number of nitrogens with zero attached hydrogens (tertiary/aromatic N) is 5. The number of hydrogen-bond acceptors (Lipinski definition) is 5. The molecule has 1 amide bonds. The van der Waals surface area contributed by atoms with Gasteiger partial charge in [-0.15, -0.1) is 10.2 Å². The fraction of sp³-hybridized carbons (Fsp3) is 0.429. The first-order valence-corrected chi connectivity index (χ1v) is 7.55. The van der Waals surface area contributed by atoms with Crippen molar-refractivity contribution in [2.24, 2.45) is 0 Å². The van der Waals surface area contributed by atoms with Crippen LogP contribution in [0.3, 0.4) is 0 Å². The lowest BCUT2D eigenvalue weighted by Gasteiger charge is -2.33. The highest BCUT2D eigenvalue weighted by molar-refractivity contribution is 6.30. The Balaban J connectivity index is 1.68. The van der Waals surface area contributed by atoms with Gasteiger partial charge in [-0.1, -0.05) is 11.6 Å². The van der Waals surface area contributed by atoms with Crippen LogP contribution in [-0.4, -0.2) is 56.7 Å². The Hall–Kier alpha value is -1.99. The number of nitrogens with one attached hydrogen (secondary N) is 1. The zero-order valence-corrected chi connectivity index (χ0v) is 13.0. The molecule has 0 aliphatic carbocycles. The first-order valence-electron chi connectivity index (χ1n) is 7.17. The molecule has 1 saturated heterocycles. The van der Waals surface area contributed by atoms with Gasteiger partial charge in [-0.05, 0) is 36.4 Å². The molecule has 1 aromatic carbocycles. The molecule has 0 saturated carbocycles. The maximum atomic E-state index is 12.3. The molecule has 2 heterocycles. The molecule has 2 aromatic rings. The number of halogens is 1. The van der Waals surface area contributed by atoms with Gasteiger partial charge >= 0.3 is 0 Å². The second-order valence-electron chi connectivity index (χ2n) is 5.29. The molecule has 1 aliphatic rings. The summed E-state index contributed by atoms with van der Waals surface area (Å²) in [5.74, 6) is 0.492. The van der Waals surface area contributed by atoms with Gasteiger partial charge in [0.2, 0.25) is 11.7 Å². The number of amides is 1. The SMILES string of the molecule is C[C@H]1CNCCN1C(=O)Cn1nnc(-c2ccc(Cl)cc2)n1. The van der Waals surface area contributed by atoms with Gasteiger partial charge in [0, 0.05) is 36.3 Å². The molecule has 1 atom stereocenters. The third kappa shape index (κ3) is 3.26. The van der Waals surface area contributed by atoms with E-state index in [0.717, 1.165) is 18.7 Å². The molecule has 1 aromatic heterocycles. The highest BCUT2D eigenvalue weighted by atomic mass is 35.5. The summed E-state index contributed by atoms with van der Waals surface area (Å²) in [6.45, 7) is 4.46. The Morgan fingerprint density at radius 3 is 2.91 bits per heavy atom. The number of benzene rings is 1. The molecule has 1 fully saturated rings. The van der Waals surface area contributed by atoms with Crippen LogP contribution >= 0.6 is 11.6 Å². The zero-order chi connectivity index (χ0) is 15.5. The van der Waals surface area contributed by atoms with Crippen molar-refractivity contribution >= 4 is 17.5 Å². The molecule has 0 bridgehead atoms. The number of carbonyl (C=O) groups excluding carboxylic acids is 1. The largest absolute Gasteiger partial charge is 0.336 e. The second kappa shape index (κ2) is 6.41. The standard InChI is InChI=1S/C14H17ClN6O/c1-10-8-16-6-7-20(10)13(22)9-21-18-14(17-19-21)11-2-4-12(15)5-3-11/h2-5,10,16H,6-9H2,1H3/t10-/m0/s1. The van der Waals surface area contributed by atoms with Crippen LogP contribution in [0.1, 0.15) is 6.92 Å². The van der Waals surface area contributed by atoms with Crippen molar-refractivity contribution in [3.05, 3.63) is 29.3 Å². The van der Waals surface area contributed by atoms with Crippen molar-refractivity contribution in [1.82, 2.24) is 30.4 Å². The van der Waals surface area contributed by atoms with Gasteiger partial charge in [0.15, 0.2) is 0 Å². The van der Waals surface area contributed by atoms with Crippen LogP contribution in [0.15, 0.2) is 24.3 Å². The van der Waals surface area contributed by atoms with Gasteiger partial charge in [0.1, 0.15) is 6.54 Å². The fourth-order valence-electron chi connectivity index (χ4n) is 2.45. The van der Waals surface area contributed by atoms with Crippen molar-refractivity contribution in [2.45, 2.75) is 19.5 Å². The summed E-state index contributed by atoms with van der Waals surface area (Å²) in [5, 5.41) is 16.1. The smallest absolute Gasteiger partial charge is 0.246 e. The summed E-state index contributed by atoms with van der Waals surface area (Å²) >= 11 is 5.86. The maximum absolute atomic E-state index is 12.3. The summed E-state index contributed by atoms with van der Waals surface area (Å²) in [4.78, 5) is 15.5. The topological polar surface area (TPSA) is 75.9 Å². The first kappa shape index (κ1) is 14.9. The summed E-state index contributed by atoms with van der Waals surface area (Å²) in [6.07, 6.45) is 0. The van der Waals surface area contributed by atoms with Crippen molar-refractivity contribution < 1.29 is 4.79 Å². The summed E-state index contributed by atoms with van der Waals surface area (Å²) in [5.41, 5.74) is 0.818. The lowest BCUT2D eigenvalue weighted by molar-refractivity contribution is -0.135. The average molecular weight is 321 g/mol. The van der Waals surface area contributed by atoms with Crippen LogP contribution in [0.25, 0.3) is 11.4 Å². The lowest BCUT2D eigenvalue weighted by atomic mass is 10.2. The van der Waals surface area contributed by atoms with E-state index in [1.807, 2.05) is 24.0 Å². The molecule has 0 unspecified atom stereocenters. The van der Waals surface area contributed by atoms with E-state index in [1.165, 1.54) is 4.80 Å². The lowest BCUT2D eigenvalue weighted by Crippen LogP contribution is -2.53. The van der Waals surface area contributed by atoms with Gasteiger partial charge in [-0.2, -0.15) is 4.80 Å². The zero-order valence-electron chi connectivity index (χ0n) is 12.2.